The van der Waals surface area contributed by atoms with Gasteiger partial charge in [0.2, 0.25) is 5.91 Å². The van der Waals surface area contributed by atoms with E-state index in [1.807, 2.05) is 55.4 Å². The molecule has 1 rings (SSSR count). The Morgan fingerprint density at radius 2 is 1.64 bits per heavy atom. The van der Waals surface area contributed by atoms with Crippen LogP contribution in [0.4, 0.5) is 4.79 Å². The number of carbonyl (C=O) groups excluding carboxylic acids is 2. The molecule has 0 aliphatic rings. The maximum atomic E-state index is 12.2. The Morgan fingerprint density at radius 1 is 1.14 bits per heavy atom. The smallest absolute Gasteiger partial charge is 0.407 e. The largest absolute Gasteiger partial charge is 0.453 e. The molecule has 0 bridgehead atoms. The standard InChI is InChI=1S/C14H24N4O3.C3H8.2C2H6/c1-9(2)7-18(13(19)6-15-14(20)21-5)8-12-16-10(3)11(4)17-12;1-3-2;2*1-2/h9H,6-8H2,1-5H3,(H,15,20)(H,16,17);3H2,1-2H3;2*1-2H3. The second kappa shape index (κ2) is 19.7. The molecule has 0 saturated heterocycles. The van der Waals surface area contributed by atoms with Crippen LogP contribution in [0.5, 0.6) is 0 Å². The summed E-state index contributed by atoms with van der Waals surface area (Å²) in [6.45, 7) is 21.1. The highest BCUT2D eigenvalue weighted by molar-refractivity contribution is 5.82. The highest BCUT2D eigenvalue weighted by Crippen LogP contribution is 2.08. The number of aryl methyl sites for hydroxylation is 2. The minimum atomic E-state index is -0.613. The van der Waals surface area contributed by atoms with Gasteiger partial charge < -0.3 is 19.9 Å². The SMILES string of the molecule is CC.CC.CCC.COC(=O)NCC(=O)N(Cc1nc(C)c(C)[nH]1)CC(C)C. The van der Waals surface area contributed by atoms with Gasteiger partial charge in [-0.25, -0.2) is 9.78 Å². The summed E-state index contributed by atoms with van der Waals surface area (Å²) in [7, 11) is 1.26. The summed E-state index contributed by atoms with van der Waals surface area (Å²) in [6.07, 6.45) is 0.637. The average molecular weight is 401 g/mol. The summed E-state index contributed by atoms with van der Waals surface area (Å²) >= 11 is 0. The van der Waals surface area contributed by atoms with Gasteiger partial charge in [-0.05, 0) is 19.8 Å². The topological polar surface area (TPSA) is 87.3 Å². The minimum absolute atomic E-state index is 0.0853. The predicted octanol–water partition coefficient (Wildman–Crippen LogP) is 4.84. The number of rotatable bonds is 6. The lowest BCUT2D eigenvalue weighted by Gasteiger charge is -2.23. The van der Waals surface area contributed by atoms with Crippen molar-refractivity contribution in [3.05, 3.63) is 17.2 Å². The van der Waals surface area contributed by atoms with Crippen LogP contribution in [0.1, 0.15) is 79.0 Å². The van der Waals surface area contributed by atoms with Gasteiger partial charge >= 0.3 is 6.09 Å². The van der Waals surface area contributed by atoms with Crippen LogP contribution in [-0.4, -0.2) is 47.1 Å². The van der Waals surface area contributed by atoms with Gasteiger partial charge in [-0.1, -0.05) is 61.8 Å². The fraction of sp³-hybridized carbons (Fsp3) is 0.762. The van der Waals surface area contributed by atoms with Gasteiger partial charge in [-0.3, -0.25) is 4.79 Å². The molecule has 166 valence electrons. The van der Waals surface area contributed by atoms with Crippen molar-refractivity contribution in [1.82, 2.24) is 20.2 Å². The van der Waals surface area contributed by atoms with Crippen molar-refractivity contribution in [2.75, 3.05) is 20.2 Å². The van der Waals surface area contributed by atoms with E-state index >= 15 is 0 Å². The average Bonchev–Trinajstić information content (AvgIpc) is 2.99. The Morgan fingerprint density at radius 3 is 2.00 bits per heavy atom. The van der Waals surface area contributed by atoms with Gasteiger partial charge in [0.05, 0.1) is 19.3 Å². The number of hydrogen-bond acceptors (Lipinski definition) is 4. The van der Waals surface area contributed by atoms with Crippen LogP contribution < -0.4 is 5.32 Å². The molecule has 0 spiro atoms. The maximum absolute atomic E-state index is 12.2. The molecule has 0 atom stereocenters. The molecule has 0 radical (unpaired) electrons. The maximum Gasteiger partial charge on any atom is 0.407 e. The molecule has 7 nitrogen and oxygen atoms in total. The number of methoxy groups -OCH3 is 1. The molecule has 1 aromatic heterocycles. The number of aromatic amines is 1. The van der Waals surface area contributed by atoms with E-state index in [1.165, 1.54) is 13.5 Å². The van der Waals surface area contributed by atoms with Crippen LogP contribution in [-0.2, 0) is 16.1 Å². The lowest BCUT2D eigenvalue weighted by atomic mass is 10.2. The zero-order chi connectivity index (χ0) is 22.7. The Labute approximate surface area is 172 Å². The molecular formula is C21H44N4O3. The molecule has 0 fully saturated rings. The number of nitrogens with one attached hydrogen (secondary N) is 2. The van der Waals surface area contributed by atoms with Crippen molar-refractivity contribution < 1.29 is 14.3 Å². The van der Waals surface area contributed by atoms with Crippen molar-refractivity contribution in [2.24, 2.45) is 5.92 Å². The van der Waals surface area contributed by atoms with E-state index in [0.717, 1.165) is 17.2 Å². The number of hydrogen-bond donors (Lipinski definition) is 2. The number of aromatic nitrogens is 2. The third kappa shape index (κ3) is 15.1. The van der Waals surface area contributed by atoms with Crippen LogP contribution in [0.15, 0.2) is 0 Å². The number of carbonyl (C=O) groups is 2. The van der Waals surface area contributed by atoms with E-state index in [2.05, 4.69) is 33.9 Å². The zero-order valence-corrected chi connectivity index (χ0v) is 20.0. The molecule has 0 unspecified atom stereocenters. The fourth-order valence-electron chi connectivity index (χ4n) is 1.90. The summed E-state index contributed by atoms with van der Waals surface area (Å²) in [6, 6.07) is 0. The number of nitrogens with zero attached hydrogens (tertiary/aromatic N) is 2. The highest BCUT2D eigenvalue weighted by atomic mass is 16.5. The van der Waals surface area contributed by atoms with Crippen molar-refractivity contribution in [2.45, 2.75) is 82.2 Å². The molecule has 0 saturated carbocycles. The van der Waals surface area contributed by atoms with Crippen molar-refractivity contribution in [1.29, 1.82) is 0 Å². The third-order valence-corrected chi connectivity index (χ3v) is 3.03. The van der Waals surface area contributed by atoms with Gasteiger partial charge in [0.15, 0.2) is 0 Å². The molecule has 7 heteroatoms. The fourth-order valence-corrected chi connectivity index (χ4v) is 1.90. The predicted molar refractivity (Wildman–Crippen MR) is 117 cm³/mol. The summed E-state index contributed by atoms with van der Waals surface area (Å²) < 4.78 is 4.46. The van der Waals surface area contributed by atoms with Crippen LogP contribution >= 0.6 is 0 Å². The minimum Gasteiger partial charge on any atom is -0.453 e. The van der Waals surface area contributed by atoms with E-state index < -0.39 is 6.09 Å². The third-order valence-electron chi connectivity index (χ3n) is 3.03. The van der Waals surface area contributed by atoms with E-state index in [-0.39, 0.29) is 12.5 Å². The van der Waals surface area contributed by atoms with Crippen molar-refractivity contribution >= 4 is 12.0 Å². The summed E-state index contributed by atoms with van der Waals surface area (Å²) in [5, 5.41) is 2.41. The van der Waals surface area contributed by atoms with Crippen LogP contribution in [0.25, 0.3) is 0 Å². The molecule has 1 heterocycles. The summed E-state index contributed by atoms with van der Waals surface area (Å²) in [5.74, 6) is 0.905. The number of ether oxygens (including phenoxy) is 1. The lowest BCUT2D eigenvalue weighted by Crippen LogP contribution is -2.41. The van der Waals surface area contributed by atoms with Gasteiger partial charge in [0.25, 0.3) is 0 Å². The van der Waals surface area contributed by atoms with Gasteiger partial charge in [-0.2, -0.15) is 0 Å². The molecule has 0 aliphatic carbocycles. The molecule has 0 aromatic carbocycles. The molecule has 2 amide bonds. The van der Waals surface area contributed by atoms with E-state index in [9.17, 15) is 9.59 Å². The Balaban J connectivity index is -0.000000789. The summed E-state index contributed by atoms with van der Waals surface area (Å²) in [4.78, 5) is 32.5. The van der Waals surface area contributed by atoms with Crippen LogP contribution in [0.2, 0.25) is 0 Å². The van der Waals surface area contributed by atoms with Crippen molar-refractivity contribution in [3.8, 4) is 0 Å². The van der Waals surface area contributed by atoms with Gasteiger partial charge in [0.1, 0.15) is 12.4 Å². The first kappa shape index (κ1) is 30.7. The Bertz CT molecular complexity index is 494. The first-order valence-corrected chi connectivity index (χ1v) is 10.4. The van der Waals surface area contributed by atoms with Crippen molar-refractivity contribution in [3.63, 3.8) is 0 Å². The molecule has 2 N–H and O–H groups in total. The normalized spacial score (nSPS) is 9.00. The highest BCUT2D eigenvalue weighted by Gasteiger charge is 2.18. The number of alkyl carbamates (subject to hydrolysis) is 1. The number of amides is 2. The zero-order valence-electron chi connectivity index (χ0n) is 20.0. The monoisotopic (exact) mass is 400 g/mol. The first-order chi connectivity index (χ1) is 13.2. The van der Waals surface area contributed by atoms with Gasteiger partial charge in [0, 0.05) is 12.2 Å². The molecule has 1 aromatic rings. The van der Waals surface area contributed by atoms with E-state index in [0.29, 0.717) is 19.0 Å². The molecule has 0 aliphatic heterocycles. The lowest BCUT2D eigenvalue weighted by molar-refractivity contribution is -0.131. The quantitative estimate of drug-likeness (QED) is 0.715. The van der Waals surface area contributed by atoms with Crippen LogP contribution in [0.3, 0.4) is 0 Å². The van der Waals surface area contributed by atoms with E-state index in [4.69, 9.17) is 0 Å². The second-order valence-corrected chi connectivity index (χ2v) is 6.11. The summed E-state index contributed by atoms with van der Waals surface area (Å²) in [5.41, 5.74) is 1.92. The Hall–Kier alpha value is -2.05. The van der Waals surface area contributed by atoms with Gasteiger partial charge in [-0.15, -0.1) is 0 Å². The number of H-pyrrole nitrogens is 1. The molecule has 28 heavy (non-hydrogen) atoms. The van der Waals surface area contributed by atoms with E-state index in [1.54, 1.807) is 4.90 Å². The molecular weight excluding hydrogens is 356 g/mol. The first-order valence-electron chi connectivity index (χ1n) is 10.4. The Kier molecular flexibility index (Phi) is 21.6. The second-order valence-electron chi connectivity index (χ2n) is 6.11. The van der Waals surface area contributed by atoms with Crippen LogP contribution in [0, 0.1) is 19.8 Å². The number of imidazole rings is 1.